The van der Waals surface area contributed by atoms with Crippen molar-refractivity contribution in [2.75, 3.05) is 0 Å². The van der Waals surface area contributed by atoms with Crippen LogP contribution in [0.1, 0.15) is 23.5 Å². The monoisotopic (exact) mass is 318 g/mol. The molecule has 0 fully saturated rings. The van der Waals surface area contributed by atoms with Crippen molar-refractivity contribution in [2.24, 2.45) is 0 Å². The number of hydrogen-bond acceptors (Lipinski definition) is 4. The van der Waals surface area contributed by atoms with Crippen molar-refractivity contribution >= 4 is 38.6 Å². The largest absolute Gasteiger partial charge is 0.315 e. The Hall–Kier alpha value is -0.430. The highest BCUT2D eigenvalue weighted by Gasteiger charge is 2.07. The lowest BCUT2D eigenvalue weighted by atomic mass is 10.2. The number of hydrogen-bond donors (Lipinski definition) is 2. The Morgan fingerprint density at radius 2 is 2.38 bits per heavy atom. The maximum Gasteiger partial charge on any atom is 0.304 e. The number of thiophene rings is 1. The molecule has 2 heterocycles. The zero-order valence-electron chi connectivity index (χ0n) is 8.62. The topological polar surface area (TPSA) is 44.9 Å². The Bertz CT molecular complexity index is 517. The number of aromatic nitrogens is 1. The molecular formula is C10H11BrN2OS2. The third-order valence-electron chi connectivity index (χ3n) is 2.19. The third-order valence-corrected chi connectivity index (χ3v) is 4.72. The molecule has 1 atom stereocenters. The summed E-state index contributed by atoms with van der Waals surface area (Å²) in [6, 6.07) is 4.44. The van der Waals surface area contributed by atoms with Gasteiger partial charge in [0.1, 0.15) is 0 Å². The van der Waals surface area contributed by atoms with Gasteiger partial charge in [0.05, 0.1) is 3.79 Å². The molecule has 2 rings (SSSR count). The smallest absolute Gasteiger partial charge is 0.304 e. The van der Waals surface area contributed by atoms with Crippen LogP contribution in [0.4, 0.5) is 0 Å². The van der Waals surface area contributed by atoms with Crippen LogP contribution >= 0.6 is 38.6 Å². The molecule has 1 unspecified atom stereocenters. The Labute approximate surface area is 110 Å². The van der Waals surface area contributed by atoms with E-state index in [2.05, 4.69) is 39.2 Å². The van der Waals surface area contributed by atoms with Crippen LogP contribution in [0.3, 0.4) is 0 Å². The van der Waals surface area contributed by atoms with Gasteiger partial charge in [0.2, 0.25) is 0 Å². The van der Waals surface area contributed by atoms with Gasteiger partial charge in [-0.2, -0.15) is 0 Å². The van der Waals surface area contributed by atoms with Crippen LogP contribution in [0, 0.1) is 0 Å². The van der Waals surface area contributed by atoms with E-state index < -0.39 is 0 Å². The molecule has 0 aliphatic carbocycles. The second-order valence-corrected chi connectivity index (χ2v) is 6.75. The van der Waals surface area contributed by atoms with Gasteiger partial charge in [-0.1, -0.05) is 11.3 Å². The molecule has 2 aromatic heterocycles. The van der Waals surface area contributed by atoms with Gasteiger partial charge < -0.3 is 10.3 Å². The van der Waals surface area contributed by atoms with Gasteiger partial charge in [-0.15, -0.1) is 11.3 Å². The van der Waals surface area contributed by atoms with Crippen molar-refractivity contribution in [1.82, 2.24) is 10.3 Å². The summed E-state index contributed by atoms with van der Waals surface area (Å²) in [5.74, 6) is 0. The fourth-order valence-electron chi connectivity index (χ4n) is 1.33. The standard InChI is InChI=1S/C10H11BrN2OS2/c1-6(8-2-3-9(11)16-8)12-4-7-5-15-10(14)13-7/h2-3,5-6,12H,4H2,1H3,(H,13,14). The quantitative estimate of drug-likeness (QED) is 0.909. The summed E-state index contributed by atoms with van der Waals surface area (Å²) in [7, 11) is 0. The van der Waals surface area contributed by atoms with E-state index in [-0.39, 0.29) is 4.87 Å². The highest BCUT2D eigenvalue weighted by molar-refractivity contribution is 9.11. The van der Waals surface area contributed by atoms with E-state index in [0.717, 1.165) is 9.48 Å². The van der Waals surface area contributed by atoms with Crippen LogP contribution in [0.25, 0.3) is 0 Å². The third kappa shape index (κ3) is 3.04. The molecule has 6 heteroatoms. The number of thiazole rings is 1. The number of halogens is 1. The molecule has 0 aliphatic heterocycles. The lowest BCUT2D eigenvalue weighted by Crippen LogP contribution is -2.17. The van der Waals surface area contributed by atoms with Crippen LogP contribution in [-0.4, -0.2) is 4.98 Å². The van der Waals surface area contributed by atoms with Gasteiger partial charge in [0.15, 0.2) is 0 Å². The Morgan fingerprint density at radius 1 is 1.56 bits per heavy atom. The first-order valence-electron chi connectivity index (χ1n) is 4.80. The van der Waals surface area contributed by atoms with Crippen LogP contribution in [0.2, 0.25) is 0 Å². The van der Waals surface area contributed by atoms with E-state index in [4.69, 9.17) is 0 Å². The van der Waals surface area contributed by atoms with E-state index in [0.29, 0.717) is 12.6 Å². The van der Waals surface area contributed by atoms with Crippen LogP contribution in [-0.2, 0) is 6.54 Å². The Balaban J connectivity index is 1.93. The maximum atomic E-state index is 10.9. The van der Waals surface area contributed by atoms with Crippen molar-refractivity contribution in [1.29, 1.82) is 0 Å². The van der Waals surface area contributed by atoms with Crippen molar-refractivity contribution < 1.29 is 0 Å². The van der Waals surface area contributed by atoms with E-state index in [1.807, 2.05) is 11.4 Å². The summed E-state index contributed by atoms with van der Waals surface area (Å²) < 4.78 is 1.14. The summed E-state index contributed by atoms with van der Waals surface area (Å²) in [5.41, 5.74) is 0.942. The van der Waals surface area contributed by atoms with Crippen molar-refractivity contribution in [2.45, 2.75) is 19.5 Å². The minimum atomic E-state index is 0.00308. The first-order valence-corrected chi connectivity index (χ1v) is 7.29. The minimum Gasteiger partial charge on any atom is -0.315 e. The summed E-state index contributed by atoms with van der Waals surface area (Å²) in [4.78, 5) is 15.0. The lowest BCUT2D eigenvalue weighted by Gasteiger charge is -2.10. The number of H-pyrrole nitrogens is 1. The predicted octanol–water partition coefficient (Wildman–Crippen LogP) is 3.11. The zero-order valence-corrected chi connectivity index (χ0v) is 11.8. The molecule has 0 aromatic carbocycles. The fourth-order valence-corrected chi connectivity index (χ4v) is 3.36. The van der Waals surface area contributed by atoms with E-state index in [1.165, 1.54) is 16.2 Å². The maximum absolute atomic E-state index is 10.9. The molecule has 0 amide bonds. The minimum absolute atomic E-state index is 0.00308. The first-order chi connectivity index (χ1) is 7.65. The average Bonchev–Trinajstić information content (AvgIpc) is 2.84. The van der Waals surface area contributed by atoms with Gasteiger partial charge in [-0.05, 0) is 35.0 Å². The molecule has 0 saturated carbocycles. The van der Waals surface area contributed by atoms with E-state index in [9.17, 15) is 4.79 Å². The van der Waals surface area contributed by atoms with Gasteiger partial charge in [0.25, 0.3) is 0 Å². The van der Waals surface area contributed by atoms with Crippen molar-refractivity contribution in [3.05, 3.63) is 41.5 Å². The molecule has 0 radical (unpaired) electrons. The molecule has 0 aliphatic rings. The fraction of sp³-hybridized carbons (Fsp3) is 0.300. The van der Waals surface area contributed by atoms with Crippen molar-refractivity contribution in [3.63, 3.8) is 0 Å². The predicted molar refractivity (Wildman–Crippen MR) is 72.2 cm³/mol. The second kappa shape index (κ2) is 5.27. The Kier molecular flexibility index (Phi) is 3.96. The van der Waals surface area contributed by atoms with E-state index in [1.54, 1.807) is 11.3 Å². The average molecular weight is 319 g/mol. The molecule has 16 heavy (non-hydrogen) atoms. The molecule has 3 nitrogen and oxygen atoms in total. The molecule has 86 valence electrons. The molecule has 0 saturated heterocycles. The first kappa shape index (κ1) is 12.0. The SMILES string of the molecule is CC(NCc1csc(=O)[nH]1)c1ccc(Br)s1. The van der Waals surface area contributed by atoms with Gasteiger partial charge in [0, 0.05) is 28.5 Å². The summed E-state index contributed by atoms with van der Waals surface area (Å²) in [5, 5.41) is 5.22. The number of aromatic amines is 1. The highest BCUT2D eigenvalue weighted by Crippen LogP contribution is 2.27. The molecular weight excluding hydrogens is 308 g/mol. The molecule has 2 aromatic rings. The van der Waals surface area contributed by atoms with Gasteiger partial charge in [-0.3, -0.25) is 4.79 Å². The lowest BCUT2D eigenvalue weighted by molar-refractivity contribution is 0.576. The van der Waals surface area contributed by atoms with Crippen molar-refractivity contribution in [3.8, 4) is 0 Å². The molecule has 2 N–H and O–H groups in total. The number of rotatable bonds is 4. The molecule has 0 bridgehead atoms. The number of nitrogens with one attached hydrogen (secondary N) is 2. The normalized spacial score (nSPS) is 12.9. The van der Waals surface area contributed by atoms with Gasteiger partial charge >= 0.3 is 4.87 Å². The van der Waals surface area contributed by atoms with Crippen LogP contribution in [0.5, 0.6) is 0 Å². The summed E-state index contributed by atoms with van der Waals surface area (Å²) in [6.45, 7) is 2.80. The highest BCUT2D eigenvalue weighted by atomic mass is 79.9. The van der Waals surface area contributed by atoms with Crippen LogP contribution < -0.4 is 10.2 Å². The zero-order chi connectivity index (χ0) is 11.5. The summed E-state index contributed by atoms with van der Waals surface area (Å²) in [6.07, 6.45) is 0. The van der Waals surface area contributed by atoms with Gasteiger partial charge in [-0.25, -0.2) is 0 Å². The Morgan fingerprint density at radius 3 is 2.94 bits per heavy atom. The summed E-state index contributed by atoms with van der Waals surface area (Å²) >= 11 is 6.37. The van der Waals surface area contributed by atoms with E-state index >= 15 is 0 Å². The van der Waals surface area contributed by atoms with Crippen LogP contribution in [0.15, 0.2) is 26.1 Å². The molecule has 0 spiro atoms. The second-order valence-electron chi connectivity index (χ2n) is 3.42.